The number of hydrogen-bond donors (Lipinski definition) is 1. The number of rotatable bonds is 8. The highest BCUT2D eigenvalue weighted by molar-refractivity contribution is 7.92. The highest BCUT2D eigenvalue weighted by atomic mass is 35.5. The summed E-state index contributed by atoms with van der Waals surface area (Å²) in [5.41, 5.74) is 0.0308. The molecule has 0 unspecified atom stereocenters. The van der Waals surface area contributed by atoms with Gasteiger partial charge >= 0.3 is 0 Å². The van der Waals surface area contributed by atoms with Crippen LogP contribution in [-0.4, -0.2) is 49.5 Å². The van der Waals surface area contributed by atoms with Crippen LogP contribution in [0.25, 0.3) is 0 Å². The van der Waals surface area contributed by atoms with E-state index in [0.717, 1.165) is 10.6 Å². The lowest BCUT2D eigenvalue weighted by atomic mass is 10.1. The van der Waals surface area contributed by atoms with Crippen molar-refractivity contribution in [1.29, 1.82) is 0 Å². The highest BCUT2D eigenvalue weighted by Crippen LogP contribution is 2.31. The molecule has 2 aromatic carbocycles. The molecule has 0 saturated carbocycles. The Hall–Kier alpha value is -1.71. The minimum absolute atomic E-state index is 0.0475. The van der Waals surface area contributed by atoms with Crippen LogP contribution in [0.2, 0.25) is 20.1 Å². The fourth-order valence-electron chi connectivity index (χ4n) is 3.16. The van der Waals surface area contributed by atoms with E-state index in [9.17, 15) is 18.0 Å². The zero-order valence-corrected chi connectivity index (χ0v) is 23.7. The van der Waals surface area contributed by atoms with E-state index in [1.807, 2.05) is 20.8 Å². The van der Waals surface area contributed by atoms with Crippen LogP contribution in [0.5, 0.6) is 0 Å². The first-order valence-electron chi connectivity index (χ1n) is 10.5. The molecule has 2 amide bonds. The molecule has 1 N–H and O–H groups in total. The first-order chi connectivity index (χ1) is 16.0. The van der Waals surface area contributed by atoms with E-state index in [2.05, 4.69) is 5.32 Å². The van der Waals surface area contributed by atoms with Gasteiger partial charge in [0.15, 0.2) is 0 Å². The summed E-state index contributed by atoms with van der Waals surface area (Å²) in [4.78, 5) is 27.8. The molecule has 1 atom stereocenters. The number of sulfonamides is 1. The average molecular weight is 583 g/mol. The smallest absolute Gasteiger partial charge is 0.244 e. The average Bonchev–Trinajstić information content (AvgIpc) is 2.70. The largest absolute Gasteiger partial charge is 0.350 e. The molecule has 0 radical (unpaired) electrons. The minimum Gasteiger partial charge on any atom is -0.350 e. The second-order valence-electron chi connectivity index (χ2n) is 9.04. The number of hydrogen-bond acceptors (Lipinski definition) is 4. The Morgan fingerprint density at radius 2 is 1.54 bits per heavy atom. The second kappa shape index (κ2) is 11.6. The number of halogens is 4. The van der Waals surface area contributed by atoms with Crippen molar-refractivity contribution in [2.45, 2.75) is 45.8 Å². The van der Waals surface area contributed by atoms with E-state index < -0.39 is 40.0 Å². The molecule has 0 spiro atoms. The molecule has 0 saturated heterocycles. The van der Waals surface area contributed by atoms with Gasteiger partial charge in [-0.05, 0) is 63.6 Å². The van der Waals surface area contributed by atoms with Crippen LogP contribution in [0, 0.1) is 0 Å². The van der Waals surface area contributed by atoms with Crippen LogP contribution < -0.4 is 9.62 Å². The molecule has 0 heterocycles. The molecule has 0 aromatic heterocycles. The van der Waals surface area contributed by atoms with Gasteiger partial charge in [-0.2, -0.15) is 0 Å². The van der Waals surface area contributed by atoms with Gasteiger partial charge in [0.25, 0.3) is 0 Å². The topological polar surface area (TPSA) is 86.8 Å². The molecular formula is C23H27Cl4N3O4S. The number of carbonyl (C=O) groups excluding carboxylic acids is 2. The van der Waals surface area contributed by atoms with Gasteiger partial charge in [-0.3, -0.25) is 13.9 Å². The highest BCUT2D eigenvalue weighted by Gasteiger charge is 2.32. The minimum atomic E-state index is -3.95. The van der Waals surface area contributed by atoms with E-state index in [1.165, 1.54) is 29.2 Å². The summed E-state index contributed by atoms with van der Waals surface area (Å²) in [6.07, 6.45) is 0.952. The molecule has 35 heavy (non-hydrogen) atoms. The third-order valence-electron chi connectivity index (χ3n) is 4.88. The van der Waals surface area contributed by atoms with Crippen molar-refractivity contribution in [2.24, 2.45) is 0 Å². The quantitative estimate of drug-likeness (QED) is 0.451. The number of benzene rings is 2. The molecule has 0 aliphatic rings. The van der Waals surface area contributed by atoms with Gasteiger partial charge < -0.3 is 10.2 Å². The zero-order valence-electron chi connectivity index (χ0n) is 19.9. The molecule has 192 valence electrons. The van der Waals surface area contributed by atoms with E-state index in [4.69, 9.17) is 46.4 Å². The molecular weight excluding hydrogens is 556 g/mol. The lowest BCUT2D eigenvalue weighted by Crippen LogP contribution is -2.54. The Kier molecular flexibility index (Phi) is 9.75. The number of carbonyl (C=O) groups is 2. The lowest BCUT2D eigenvalue weighted by Gasteiger charge is -2.33. The molecule has 2 rings (SSSR count). The van der Waals surface area contributed by atoms with Crippen molar-refractivity contribution in [3.05, 3.63) is 62.1 Å². The van der Waals surface area contributed by atoms with E-state index in [1.54, 1.807) is 19.1 Å². The molecule has 0 aliphatic heterocycles. The molecule has 0 aliphatic carbocycles. The van der Waals surface area contributed by atoms with E-state index in [0.29, 0.717) is 15.6 Å². The van der Waals surface area contributed by atoms with Crippen molar-refractivity contribution in [3.8, 4) is 0 Å². The molecule has 0 fully saturated rings. The predicted molar refractivity (Wildman–Crippen MR) is 143 cm³/mol. The predicted octanol–water partition coefficient (Wildman–Crippen LogP) is 5.40. The zero-order chi connectivity index (χ0) is 26.7. The summed E-state index contributed by atoms with van der Waals surface area (Å²) < 4.78 is 26.1. The van der Waals surface area contributed by atoms with Crippen LogP contribution in [-0.2, 0) is 26.2 Å². The van der Waals surface area contributed by atoms with E-state index >= 15 is 0 Å². The summed E-state index contributed by atoms with van der Waals surface area (Å²) in [7, 11) is -3.95. The number of anilines is 1. The van der Waals surface area contributed by atoms with E-state index in [-0.39, 0.29) is 22.3 Å². The molecule has 12 heteroatoms. The Morgan fingerprint density at radius 3 is 2.09 bits per heavy atom. The first-order valence-corrected chi connectivity index (χ1v) is 13.8. The van der Waals surface area contributed by atoms with Crippen molar-refractivity contribution in [2.75, 3.05) is 17.1 Å². The number of nitrogens with zero attached hydrogens (tertiary/aromatic N) is 2. The maximum atomic E-state index is 13.6. The fraction of sp³-hybridized carbons (Fsp3) is 0.391. The van der Waals surface area contributed by atoms with Crippen molar-refractivity contribution in [1.82, 2.24) is 10.2 Å². The monoisotopic (exact) mass is 581 g/mol. The Bertz CT molecular complexity index is 1220. The van der Waals surface area contributed by atoms with Gasteiger partial charge in [0.2, 0.25) is 21.8 Å². The first kappa shape index (κ1) is 29.5. The summed E-state index contributed by atoms with van der Waals surface area (Å²) in [6.45, 7) is 6.32. The summed E-state index contributed by atoms with van der Waals surface area (Å²) in [5, 5.41) is 3.89. The van der Waals surface area contributed by atoms with Gasteiger partial charge in [-0.25, -0.2) is 8.42 Å². The van der Waals surface area contributed by atoms with Gasteiger partial charge in [-0.1, -0.05) is 52.5 Å². The lowest BCUT2D eigenvalue weighted by molar-refractivity contribution is -0.140. The Morgan fingerprint density at radius 1 is 0.971 bits per heavy atom. The standard InChI is InChI=1S/C23H27Cl4N3O4S/c1-14(22(32)28-23(2,3)4)29(12-15-6-7-16(24)10-19(15)27)21(31)13-30(35(5,33)34)20-11-17(25)8-9-18(20)26/h6-11,14H,12-13H2,1-5H3,(H,28,32)/t14-/m1/s1. The third kappa shape index (κ3) is 8.43. The molecule has 2 aromatic rings. The van der Waals surface area contributed by atoms with Crippen molar-refractivity contribution >= 4 is 73.9 Å². The number of nitrogens with one attached hydrogen (secondary N) is 1. The summed E-state index contributed by atoms with van der Waals surface area (Å²) in [5.74, 6) is -1.06. The van der Waals surface area contributed by atoms with Gasteiger partial charge in [0, 0.05) is 27.2 Å². The Balaban J connectivity index is 2.49. The molecule has 0 bridgehead atoms. The summed E-state index contributed by atoms with van der Waals surface area (Å²) in [6, 6.07) is 8.12. The maximum absolute atomic E-state index is 13.6. The van der Waals surface area contributed by atoms with Crippen LogP contribution in [0.3, 0.4) is 0 Å². The maximum Gasteiger partial charge on any atom is 0.244 e. The van der Waals surface area contributed by atoms with Crippen LogP contribution in [0.1, 0.15) is 33.3 Å². The van der Waals surface area contributed by atoms with Gasteiger partial charge in [-0.15, -0.1) is 0 Å². The summed E-state index contributed by atoms with van der Waals surface area (Å²) >= 11 is 24.6. The van der Waals surface area contributed by atoms with Crippen LogP contribution in [0.15, 0.2) is 36.4 Å². The normalized spacial score (nSPS) is 12.7. The Labute approximate surface area is 226 Å². The van der Waals surface area contributed by atoms with Crippen molar-refractivity contribution < 1.29 is 18.0 Å². The van der Waals surface area contributed by atoms with Gasteiger partial charge in [0.05, 0.1) is 17.0 Å². The SMILES string of the molecule is C[C@H](C(=O)NC(C)(C)C)N(Cc1ccc(Cl)cc1Cl)C(=O)CN(c1cc(Cl)ccc1Cl)S(C)(=O)=O. The fourth-order valence-corrected chi connectivity index (χ4v) is 4.92. The van der Waals surface area contributed by atoms with Gasteiger partial charge in [0.1, 0.15) is 12.6 Å². The van der Waals surface area contributed by atoms with Crippen LogP contribution >= 0.6 is 46.4 Å². The third-order valence-corrected chi connectivity index (χ3v) is 7.15. The second-order valence-corrected chi connectivity index (χ2v) is 12.6. The van der Waals surface area contributed by atoms with Crippen LogP contribution in [0.4, 0.5) is 5.69 Å². The van der Waals surface area contributed by atoms with Crippen molar-refractivity contribution in [3.63, 3.8) is 0 Å². The number of amides is 2. The molecule has 7 nitrogen and oxygen atoms in total.